The van der Waals surface area contributed by atoms with Crippen molar-refractivity contribution in [1.82, 2.24) is 0 Å². The highest BCUT2D eigenvalue weighted by molar-refractivity contribution is 5.88. The van der Waals surface area contributed by atoms with Crippen molar-refractivity contribution < 1.29 is 49.8 Å². The average Bonchev–Trinajstić information content (AvgIpc) is 2.42. The van der Waals surface area contributed by atoms with Gasteiger partial charge in [-0.1, -0.05) is 32.6 Å². The van der Waals surface area contributed by atoms with E-state index >= 15 is 0 Å². The Hall–Kier alpha value is -2.20. The van der Waals surface area contributed by atoms with E-state index in [1.54, 1.807) is 0 Å². The second kappa shape index (κ2) is 12.3. The van der Waals surface area contributed by atoms with E-state index in [1.807, 2.05) is 0 Å². The molecule has 0 rings (SSSR count). The summed E-state index contributed by atoms with van der Waals surface area (Å²) in [5, 5.41) is 50.9. The number of unbranched alkanes of at least 4 members (excludes halogenated alkanes) is 3. The summed E-state index contributed by atoms with van der Waals surface area (Å²) in [6, 6.07) is 0. The van der Waals surface area contributed by atoms with Crippen LogP contribution in [0.1, 0.15) is 51.9 Å². The highest BCUT2D eigenvalue weighted by Gasteiger charge is 2.40. The van der Waals surface area contributed by atoms with Gasteiger partial charge in [0.15, 0.2) is 11.7 Å². The Bertz CT molecular complexity index is 415. The van der Waals surface area contributed by atoms with Crippen molar-refractivity contribution >= 4 is 23.9 Å². The highest BCUT2D eigenvalue weighted by Crippen LogP contribution is 2.15. The summed E-state index contributed by atoms with van der Waals surface area (Å²) < 4.78 is 0. The Labute approximate surface area is 138 Å². The summed E-state index contributed by atoms with van der Waals surface area (Å²) in [6.45, 7) is 2.09. The van der Waals surface area contributed by atoms with Gasteiger partial charge in [0.2, 0.25) is 0 Å². The fraction of sp³-hybridized carbons (Fsp3) is 0.714. The van der Waals surface area contributed by atoms with Crippen LogP contribution in [0, 0.1) is 0 Å². The molecule has 10 heteroatoms. The molecule has 0 aliphatic carbocycles. The predicted molar refractivity (Wildman–Crippen MR) is 79.5 cm³/mol. The minimum atomic E-state index is -2.74. The molecule has 0 bridgehead atoms. The number of carboxylic acids is 4. The zero-order chi connectivity index (χ0) is 19.3. The molecule has 0 aromatic carbocycles. The van der Waals surface area contributed by atoms with E-state index in [4.69, 9.17) is 30.6 Å². The van der Waals surface area contributed by atoms with Gasteiger partial charge in [-0.05, 0) is 6.42 Å². The molecular formula is C14H24O10. The van der Waals surface area contributed by atoms with Crippen molar-refractivity contribution in [2.75, 3.05) is 0 Å². The molecule has 0 aromatic rings. The van der Waals surface area contributed by atoms with Crippen LogP contribution in [0.4, 0.5) is 0 Å². The number of hydrogen-bond donors (Lipinski definition) is 6. The van der Waals surface area contributed by atoms with Crippen LogP contribution >= 0.6 is 0 Å². The number of carboxylic acid groups (broad SMARTS) is 4. The predicted octanol–water partition coefficient (Wildman–Crippen LogP) is 0.154. The first-order valence-corrected chi connectivity index (χ1v) is 7.26. The van der Waals surface area contributed by atoms with Gasteiger partial charge in [0.05, 0.1) is 12.8 Å². The molecule has 0 aliphatic rings. The standard InChI is InChI=1S/C8H16O3.C6H8O7/c1-2-3-4-5-6-7(9)8(10)11;7-3(8)1-6(13,5(11)12)2-4(9)10/h7,9H,2-6H2,1H3,(H,10,11);13H,1-2H2,(H,7,8)(H,9,10)(H,11,12). The van der Waals surface area contributed by atoms with E-state index in [0.29, 0.717) is 6.42 Å². The van der Waals surface area contributed by atoms with Crippen LogP contribution < -0.4 is 0 Å². The molecule has 0 fully saturated rings. The third kappa shape index (κ3) is 12.4. The second-order valence-electron chi connectivity index (χ2n) is 5.18. The Kier molecular flexibility index (Phi) is 12.3. The van der Waals surface area contributed by atoms with Crippen LogP contribution in [-0.4, -0.2) is 66.2 Å². The van der Waals surface area contributed by atoms with Crippen molar-refractivity contribution in [2.45, 2.75) is 63.6 Å². The van der Waals surface area contributed by atoms with E-state index in [9.17, 15) is 19.2 Å². The minimum absolute atomic E-state index is 0.384. The number of aliphatic hydroxyl groups is 2. The lowest BCUT2D eigenvalue weighted by atomic mass is 9.96. The summed E-state index contributed by atoms with van der Waals surface area (Å²) in [4.78, 5) is 40.6. The molecule has 0 radical (unpaired) electrons. The summed E-state index contributed by atoms with van der Waals surface area (Å²) >= 11 is 0. The van der Waals surface area contributed by atoms with E-state index < -0.39 is 48.4 Å². The van der Waals surface area contributed by atoms with Gasteiger partial charge in [-0.2, -0.15) is 0 Å². The first-order valence-electron chi connectivity index (χ1n) is 7.26. The molecular weight excluding hydrogens is 328 g/mol. The molecule has 0 amide bonds. The molecule has 1 atom stereocenters. The Balaban J connectivity index is 0. The molecule has 10 nitrogen and oxygen atoms in total. The molecule has 0 spiro atoms. The molecule has 140 valence electrons. The third-order valence-electron chi connectivity index (χ3n) is 2.90. The van der Waals surface area contributed by atoms with Gasteiger partial charge < -0.3 is 30.6 Å². The molecule has 1 unspecified atom stereocenters. The molecule has 0 aromatic heterocycles. The quantitative estimate of drug-likeness (QED) is 0.279. The van der Waals surface area contributed by atoms with Crippen molar-refractivity contribution in [2.24, 2.45) is 0 Å². The fourth-order valence-corrected chi connectivity index (χ4v) is 1.60. The molecule has 0 aliphatic heterocycles. The minimum Gasteiger partial charge on any atom is -0.481 e. The largest absolute Gasteiger partial charge is 0.481 e. The van der Waals surface area contributed by atoms with E-state index in [2.05, 4.69) is 6.92 Å². The van der Waals surface area contributed by atoms with Gasteiger partial charge in [0.1, 0.15) is 0 Å². The zero-order valence-corrected chi connectivity index (χ0v) is 13.3. The molecule has 6 N–H and O–H groups in total. The number of aliphatic hydroxyl groups excluding tert-OH is 1. The lowest BCUT2D eigenvalue weighted by molar-refractivity contribution is -0.170. The highest BCUT2D eigenvalue weighted by atomic mass is 16.4. The van der Waals surface area contributed by atoms with Crippen LogP contribution in [0.5, 0.6) is 0 Å². The van der Waals surface area contributed by atoms with Crippen molar-refractivity contribution in [3.8, 4) is 0 Å². The third-order valence-corrected chi connectivity index (χ3v) is 2.90. The maximum atomic E-state index is 10.3. The Morgan fingerprint density at radius 1 is 0.875 bits per heavy atom. The molecule has 0 heterocycles. The number of rotatable bonds is 11. The van der Waals surface area contributed by atoms with E-state index in [0.717, 1.165) is 25.7 Å². The summed E-state index contributed by atoms with van der Waals surface area (Å²) in [7, 11) is 0. The first kappa shape index (κ1) is 24.1. The average molecular weight is 352 g/mol. The number of aliphatic carboxylic acids is 4. The maximum absolute atomic E-state index is 10.3. The van der Waals surface area contributed by atoms with Crippen LogP contribution in [-0.2, 0) is 19.2 Å². The van der Waals surface area contributed by atoms with Crippen LogP contribution in [0.3, 0.4) is 0 Å². The van der Waals surface area contributed by atoms with Crippen molar-refractivity contribution in [3.63, 3.8) is 0 Å². The van der Waals surface area contributed by atoms with Crippen molar-refractivity contribution in [1.29, 1.82) is 0 Å². The van der Waals surface area contributed by atoms with Gasteiger partial charge in [-0.15, -0.1) is 0 Å². The topological polar surface area (TPSA) is 190 Å². The van der Waals surface area contributed by atoms with E-state index in [1.165, 1.54) is 0 Å². The zero-order valence-electron chi connectivity index (χ0n) is 13.3. The van der Waals surface area contributed by atoms with Gasteiger partial charge in [-0.3, -0.25) is 9.59 Å². The SMILES string of the molecule is CCCCCCC(O)C(=O)O.O=C(O)CC(O)(CC(=O)O)C(=O)O. The smallest absolute Gasteiger partial charge is 0.336 e. The molecule has 24 heavy (non-hydrogen) atoms. The van der Waals surface area contributed by atoms with Crippen LogP contribution in [0.15, 0.2) is 0 Å². The van der Waals surface area contributed by atoms with Gasteiger partial charge in [0.25, 0.3) is 0 Å². The Morgan fingerprint density at radius 2 is 1.33 bits per heavy atom. The van der Waals surface area contributed by atoms with Crippen LogP contribution in [0.2, 0.25) is 0 Å². The lowest BCUT2D eigenvalue weighted by Crippen LogP contribution is -2.42. The molecule has 0 saturated heterocycles. The monoisotopic (exact) mass is 352 g/mol. The molecule has 0 saturated carbocycles. The lowest BCUT2D eigenvalue weighted by Gasteiger charge is -2.18. The fourth-order valence-electron chi connectivity index (χ4n) is 1.60. The van der Waals surface area contributed by atoms with Crippen LogP contribution in [0.25, 0.3) is 0 Å². The maximum Gasteiger partial charge on any atom is 0.336 e. The first-order chi connectivity index (χ1) is 11.0. The number of hydrogen-bond acceptors (Lipinski definition) is 6. The normalized spacial score (nSPS) is 11.8. The van der Waals surface area contributed by atoms with E-state index in [-0.39, 0.29) is 0 Å². The number of carbonyl (C=O) groups is 4. The van der Waals surface area contributed by atoms with Gasteiger partial charge >= 0.3 is 23.9 Å². The van der Waals surface area contributed by atoms with Gasteiger partial charge in [0, 0.05) is 0 Å². The Morgan fingerprint density at radius 3 is 1.62 bits per heavy atom. The summed E-state index contributed by atoms with van der Waals surface area (Å²) in [5.74, 6) is -6.13. The summed E-state index contributed by atoms with van der Waals surface area (Å²) in [6.07, 6.45) is 1.00. The van der Waals surface area contributed by atoms with Crippen molar-refractivity contribution in [3.05, 3.63) is 0 Å². The van der Waals surface area contributed by atoms with Gasteiger partial charge in [-0.25, -0.2) is 9.59 Å². The summed E-state index contributed by atoms with van der Waals surface area (Å²) in [5.41, 5.74) is -2.74. The second-order valence-corrected chi connectivity index (χ2v) is 5.18.